The van der Waals surface area contributed by atoms with Crippen LogP contribution in [0, 0.1) is 0 Å². The van der Waals surface area contributed by atoms with Crippen molar-refractivity contribution in [2.75, 3.05) is 38.9 Å². The van der Waals surface area contributed by atoms with Crippen LogP contribution in [-0.2, 0) is 9.59 Å². The molecule has 5 aromatic rings. The summed E-state index contributed by atoms with van der Waals surface area (Å²) >= 11 is 0. The van der Waals surface area contributed by atoms with Gasteiger partial charge in [-0.25, -0.2) is 9.59 Å². The lowest BCUT2D eigenvalue weighted by molar-refractivity contribution is -0.187. The van der Waals surface area contributed by atoms with Gasteiger partial charge in [0.15, 0.2) is 42.0 Å². The van der Waals surface area contributed by atoms with Crippen LogP contribution in [0.1, 0.15) is 49.7 Å². The first-order valence-corrected chi connectivity index (χ1v) is 19.5. The fourth-order valence-corrected chi connectivity index (χ4v) is 6.09. The number of allylic oxidation sites excluding steroid dienone is 1. The summed E-state index contributed by atoms with van der Waals surface area (Å²) in [5.74, 6) is -9.04. The van der Waals surface area contributed by atoms with Gasteiger partial charge in [0, 0.05) is 17.8 Å². The van der Waals surface area contributed by atoms with Crippen molar-refractivity contribution >= 4 is 47.0 Å². The molecule has 0 aliphatic heterocycles. The van der Waals surface area contributed by atoms with Gasteiger partial charge in [-0.1, -0.05) is 36.4 Å². The van der Waals surface area contributed by atoms with E-state index in [-0.39, 0.29) is 62.6 Å². The van der Waals surface area contributed by atoms with Gasteiger partial charge < -0.3 is 50.1 Å². The predicted molar refractivity (Wildman–Crippen MR) is 230 cm³/mol. The van der Waals surface area contributed by atoms with Gasteiger partial charge in [-0.2, -0.15) is 26.3 Å². The number of alkyl halides is 6. The summed E-state index contributed by atoms with van der Waals surface area (Å²) in [6, 6.07) is 22.3. The van der Waals surface area contributed by atoms with Gasteiger partial charge >= 0.3 is 24.3 Å². The number of hydrogen-bond donors (Lipinski definition) is 4. The van der Waals surface area contributed by atoms with Gasteiger partial charge in [-0.05, 0) is 108 Å². The average Bonchev–Trinajstić information content (AvgIpc) is 3.27. The third kappa shape index (κ3) is 14.6. The van der Waals surface area contributed by atoms with E-state index in [1.807, 2.05) is 0 Å². The molecule has 0 aromatic heterocycles. The van der Waals surface area contributed by atoms with E-state index in [2.05, 4.69) is 0 Å². The predicted octanol–water partition coefficient (Wildman–Crippen LogP) is 7.91. The first kappa shape index (κ1) is 50.2. The third-order valence-corrected chi connectivity index (χ3v) is 9.31. The van der Waals surface area contributed by atoms with Crippen molar-refractivity contribution in [2.45, 2.75) is 30.5 Å². The van der Waals surface area contributed by atoms with Crippen molar-refractivity contribution in [2.24, 2.45) is 0 Å². The number of halogens is 6. The minimum Gasteiger partial charge on any atom is -0.493 e. The Bertz CT molecular complexity index is 2630. The minimum atomic E-state index is -4.60. The largest absolute Gasteiger partial charge is 0.493 e. The summed E-state index contributed by atoms with van der Waals surface area (Å²) in [5, 5.41) is 22.6. The average molecular weight is 939 g/mol. The third-order valence-electron chi connectivity index (χ3n) is 9.31. The van der Waals surface area contributed by atoms with E-state index in [0.29, 0.717) is 11.1 Å². The molecule has 5 rings (SSSR count). The monoisotopic (exact) mass is 938 g/mol. The molecule has 14 nitrogen and oxygen atoms in total. The quantitative estimate of drug-likeness (QED) is 0.0155. The lowest BCUT2D eigenvalue weighted by Crippen LogP contribution is -2.44. The summed E-state index contributed by atoms with van der Waals surface area (Å²) in [6.07, 6.45) is -5.21. The number of benzene rings is 5. The number of ether oxygens (including phenoxy) is 6. The Morgan fingerprint density at radius 3 is 1.40 bits per heavy atom. The molecule has 0 radical (unpaired) electrons. The zero-order valence-corrected chi connectivity index (χ0v) is 35.2. The van der Waals surface area contributed by atoms with E-state index in [4.69, 9.17) is 39.9 Å². The van der Waals surface area contributed by atoms with Gasteiger partial charge in [-0.15, -0.1) is 0 Å². The second-order valence-corrected chi connectivity index (χ2v) is 14.4. The van der Waals surface area contributed by atoms with Crippen molar-refractivity contribution in [3.8, 4) is 34.5 Å². The molecule has 352 valence electrons. The van der Waals surface area contributed by atoms with Crippen molar-refractivity contribution in [3.63, 3.8) is 0 Å². The van der Waals surface area contributed by atoms with E-state index in [0.717, 1.165) is 36.4 Å². The Morgan fingerprint density at radius 2 is 1.00 bits per heavy atom. The maximum absolute atomic E-state index is 13.4. The van der Waals surface area contributed by atoms with Crippen LogP contribution >= 0.6 is 0 Å². The topological polar surface area (TPSA) is 216 Å². The van der Waals surface area contributed by atoms with Crippen molar-refractivity contribution in [1.29, 1.82) is 0 Å². The van der Waals surface area contributed by atoms with E-state index >= 15 is 0 Å². The number of nitrogen functional groups attached to an aromatic ring is 2. The number of rotatable bonds is 19. The maximum atomic E-state index is 13.4. The number of hydrogen-bond acceptors (Lipinski definition) is 14. The van der Waals surface area contributed by atoms with Gasteiger partial charge in [0.25, 0.3) is 0 Å². The van der Waals surface area contributed by atoms with Crippen LogP contribution in [0.15, 0.2) is 115 Å². The Labute approximate surface area is 377 Å². The summed E-state index contributed by atoms with van der Waals surface area (Å²) in [6.45, 7) is -3.14. The van der Waals surface area contributed by atoms with Crippen molar-refractivity contribution in [3.05, 3.63) is 143 Å². The van der Waals surface area contributed by atoms with Crippen molar-refractivity contribution in [1.82, 2.24) is 0 Å². The normalized spacial score (nSPS) is 12.4. The van der Waals surface area contributed by atoms with Gasteiger partial charge in [0.1, 0.15) is 11.5 Å². The molecule has 1 atom stereocenters. The van der Waals surface area contributed by atoms with Crippen LogP contribution < -0.4 is 39.9 Å². The number of aliphatic hydroxyl groups is 2. The molecule has 0 saturated carbocycles. The van der Waals surface area contributed by atoms with Gasteiger partial charge in [-0.3, -0.25) is 9.59 Å². The molecule has 0 aliphatic carbocycles. The fraction of sp³-hybridized carbons (Fsp3) is 0.191. The van der Waals surface area contributed by atoms with Crippen LogP contribution in [0.25, 0.3) is 12.2 Å². The number of methoxy groups -OCH3 is 2. The van der Waals surface area contributed by atoms with Crippen LogP contribution in [-0.4, -0.2) is 79.3 Å². The molecular weight excluding hydrogens is 899 g/mol. The summed E-state index contributed by atoms with van der Waals surface area (Å²) < 4.78 is 106. The second-order valence-electron chi connectivity index (χ2n) is 14.4. The molecule has 6 N–H and O–H groups in total. The molecule has 0 aliphatic rings. The number of nitrogens with two attached hydrogens (primary N) is 2. The van der Waals surface area contributed by atoms with Gasteiger partial charge in [0.2, 0.25) is 11.6 Å². The van der Waals surface area contributed by atoms with Crippen LogP contribution in [0.3, 0.4) is 0 Å². The standard InChI is InChI=1S/C47H40F6N2O12/c1-62-40-21-29(9-16-38(40)64-25-45(48,49)50)43(58)66-35-12-4-27(5-13-35)3-11-34(56)24-37(31-19-32(54)23-33(55)20-31)47(60,61)42(57)18-8-28-6-14-36(15-7-28)67-44(59)30-10-17-39(41(22-30)63-2)65-26-46(51,52)53/h3-23,37,60-61H,24-26,54-55H2,1-2H3. The zero-order chi connectivity index (χ0) is 49.1. The van der Waals surface area contributed by atoms with E-state index in [1.165, 1.54) is 105 Å². The molecule has 0 bridgehead atoms. The maximum Gasteiger partial charge on any atom is 0.422 e. The SMILES string of the molecule is COc1cc(C(=O)Oc2ccc(C=CC(=O)CC(c3cc(N)cc(N)c3)C(O)(O)C(=O)C=Cc3ccc(OC(=O)c4ccc(OCC(F)(F)F)c(OC)c4)cc3)cc2)ccc1OCC(F)(F)F. The van der Waals surface area contributed by atoms with E-state index in [9.17, 15) is 55.7 Å². The zero-order valence-electron chi connectivity index (χ0n) is 35.2. The summed E-state index contributed by atoms with van der Waals surface area (Å²) in [5.41, 5.74) is 12.9. The molecule has 0 amide bonds. The molecule has 0 heterocycles. The van der Waals surface area contributed by atoms with Crippen LogP contribution in [0.2, 0.25) is 0 Å². The smallest absolute Gasteiger partial charge is 0.422 e. The number of esters is 2. The van der Waals surface area contributed by atoms with Crippen molar-refractivity contribution < 1.29 is 84.2 Å². The highest BCUT2D eigenvalue weighted by molar-refractivity contribution is 6.01. The lowest BCUT2D eigenvalue weighted by atomic mass is 9.83. The number of carbonyl (C=O) groups excluding carboxylic acids is 4. The molecule has 0 saturated heterocycles. The number of carbonyl (C=O) groups is 4. The summed E-state index contributed by atoms with van der Waals surface area (Å²) in [4.78, 5) is 52.3. The fourth-order valence-electron chi connectivity index (χ4n) is 6.09. The van der Waals surface area contributed by atoms with Gasteiger partial charge in [0.05, 0.1) is 31.3 Å². The number of ketones is 2. The highest BCUT2D eigenvalue weighted by Crippen LogP contribution is 2.35. The Morgan fingerprint density at radius 1 is 0.582 bits per heavy atom. The van der Waals surface area contributed by atoms with Crippen LogP contribution in [0.4, 0.5) is 37.7 Å². The molecule has 0 spiro atoms. The second kappa shape index (κ2) is 21.4. The molecule has 20 heteroatoms. The highest BCUT2D eigenvalue weighted by Gasteiger charge is 2.42. The number of anilines is 2. The first-order valence-electron chi connectivity index (χ1n) is 19.5. The van der Waals surface area contributed by atoms with E-state index < -0.39 is 67.2 Å². The molecule has 1 unspecified atom stereocenters. The Hall–Kier alpha value is -7.84. The Kier molecular flexibility index (Phi) is 16.0. The summed E-state index contributed by atoms with van der Waals surface area (Å²) in [7, 11) is 2.37. The van der Waals surface area contributed by atoms with Crippen LogP contribution in [0.5, 0.6) is 34.5 Å². The molecular formula is C47H40F6N2O12. The minimum absolute atomic E-state index is 0.0400. The first-order chi connectivity index (χ1) is 31.5. The highest BCUT2D eigenvalue weighted by atomic mass is 19.4. The molecule has 67 heavy (non-hydrogen) atoms. The molecule has 5 aromatic carbocycles. The van der Waals surface area contributed by atoms with E-state index in [1.54, 1.807) is 0 Å². The molecule has 0 fully saturated rings. The Balaban J connectivity index is 1.23. The lowest BCUT2D eigenvalue weighted by Gasteiger charge is -2.29.